The van der Waals surface area contributed by atoms with Crippen molar-refractivity contribution in [3.8, 4) is 5.75 Å². The smallest absolute Gasteiger partial charge is 0.115 e. The number of methoxy groups -OCH3 is 1. The zero-order chi connectivity index (χ0) is 12.1. The van der Waals surface area contributed by atoms with Crippen LogP contribution in [0.1, 0.15) is 24.8 Å². The second kappa shape index (κ2) is 5.52. The van der Waals surface area contributed by atoms with Crippen LogP contribution in [0.3, 0.4) is 0 Å². The number of hydrogen-bond donors (Lipinski definition) is 2. The highest BCUT2D eigenvalue weighted by atomic mass is 16.5. The van der Waals surface area contributed by atoms with Crippen LogP contribution in [-0.2, 0) is 11.2 Å². The molecule has 0 bridgehead atoms. The Labute approximate surface area is 103 Å². The van der Waals surface area contributed by atoms with Crippen LogP contribution in [0.5, 0.6) is 5.75 Å². The first-order chi connectivity index (χ1) is 8.24. The van der Waals surface area contributed by atoms with Gasteiger partial charge in [-0.25, -0.2) is 0 Å². The number of hydrogen-bond acceptors (Lipinski definition) is 3. The minimum absolute atomic E-state index is 0.0425. The highest BCUT2D eigenvalue weighted by molar-refractivity contribution is 5.28. The van der Waals surface area contributed by atoms with Crippen molar-refractivity contribution in [3.63, 3.8) is 0 Å². The molecule has 1 aliphatic heterocycles. The van der Waals surface area contributed by atoms with Gasteiger partial charge in [0.25, 0.3) is 0 Å². The van der Waals surface area contributed by atoms with Gasteiger partial charge in [-0.1, -0.05) is 18.6 Å². The van der Waals surface area contributed by atoms with Gasteiger partial charge in [0.05, 0.1) is 6.61 Å². The fourth-order valence-corrected chi connectivity index (χ4v) is 2.69. The minimum atomic E-state index is 0.0425. The van der Waals surface area contributed by atoms with E-state index in [0.717, 1.165) is 31.6 Å². The van der Waals surface area contributed by atoms with Crippen molar-refractivity contribution in [2.45, 2.75) is 31.2 Å². The van der Waals surface area contributed by atoms with E-state index in [4.69, 9.17) is 4.74 Å². The van der Waals surface area contributed by atoms with E-state index >= 15 is 0 Å². The molecule has 2 rings (SSSR count). The van der Waals surface area contributed by atoms with E-state index in [1.807, 2.05) is 12.1 Å². The van der Waals surface area contributed by atoms with Crippen molar-refractivity contribution >= 4 is 0 Å². The molecule has 1 heterocycles. The van der Waals surface area contributed by atoms with E-state index < -0.39 is 0 Å². The molecule has 1 aliphatic rings. The summed E-state index contributed by atoms with van der Waals surface area (Å²) in [5, 5.41) is 13.1. The van der Waals surface area contributed by atoms with Crippen LogP contribution in [0, 0.1) is 0 Å². The largest absolute Gasteiger partial charge is 0.508 e. The first kappa shape index (κ1) is 12.4. The Morgan fingerprint density at radius 2 is 2.29 bits per heavy atom. The van der Waals surface area contributed by atoms with Gasteiger partial charge in [0.2, 0.25) is 0 Å². The Kier molecular flexibility index (Phi) is 4.02. The maximum absolute atomic E-state index is 9.50. The number of benzene rings is 1. The maximum Gasteiger partial charge on any atom is 0.115 e. The van der Waals surface area contributed by atoms with Crippen molar-refractivity contribution in [3.05, 3.63) is 29.8 Å². The van der Waals surface area contributed by atoms with Crippen molar-refractivity contribution in [2.75, 3.05) is 20.3 Å². The predicted octanol–water partition coefficient (Wildman–Crippen LogP) is 2.09. The monoisotopic (exact) mass is 235 g/mol. The second-order valence-electron chi connectivity index (χ2n) is 4.94. The molecular formula is C14H21NO2. The molecule has 1 aromatic rings. The van der Waals surface area contributed by atoms with Gasteiger partial charge < -0.3 is 15.2 Å². The summed E-state index contributed by atoms with van der Waals surface area (Å²) < 4.78 is 5.36. The van der Waals surface area contributed by atoms with Crippen molar-refractivity contribution in [1.29, 1.82) is 0 Å². The Balaban J connectivity index is 2.11. The van der Waals surface area contributed by atoms with Gasteiger partial charge in [0.15, 0.2) is 0 Å². The van der Waals surface area contributed by atoms with Gasteiger partial charge >= 0.3 is 0 Å². The van der Waals surface area contributed by atoms with E-state index in [1.54, 1.807) is 13.2 Å². The minimum Gasteiger partial charge on any atom is -0.508 e. The van der Waals surface area contributed by atoms with Crippen LogP contribution in [0.2, 0.25) is 0 Å². The SMILES string of the molecule is COCC1(Cc2cccc(O)c2)CCCCN1. The number of phenols is 1. The van der Waals surface area contributed by atoms with Crippen LogP contribution >= 0.6 is 0 Å². The van der Waals surface area contributed by atoms with Gasteiger partial charge in [0, 0.05) is 12.6 Å². The van der Waals surface area contributed by atoms with Crippen molar-refractivity contribution in [2.24, 2.45) is 0 Å². The van der Waals surface area contributed by atoms with Crippen LogP contribution < -0.4 is 5.32 Å². The Hall–Kier alpha value is -1.06. The van der Waals surface area contributed by atoms with Crippen molar-refractivity contribution in [1.82, 2.24) is 5.32 Å². The lowest BCUT2D eigenvalue weighted by Gasteiger charge is -2.38. The Morgan fingerprint density at radius 3 is 2.94 bits per heavy atom. The summed E-state index contributed by atoms with van der Waals surface area (Å²) in [6, 6.07) is 7.51. The summed E-state index contributed by atoms with van der Waals surface area (Å²) in [5.74, 6) is 0.339. The number of phenolic OH excluding ortho intramolecular Hbond substituents is 1. The molecule has 94 valence electrons. The number of aromatic hydroxyl groups is 1. The van der Waals surface area contributed by atoms with Gasteiger partial charge in [-0.05, 0) is 43.5 Å². The van der Waals surface area contributed by atoms with Crippen LogP contribution in [0.25, 0.3) is 0 Å². The molecular weight excluding hydrogens is 214 g/mol. The normalized spacial score (nSPS) is 24.8. The first-order valence-electron chi connectivity index (χ1n) is 6.26. The molecule has 3 heteroatoms. The molecule has 0 spiro atoms. The van der Waals surface area contributed by atoms with Gasteiger partial charge in [0.1, 0.15) is 5.75 Å². The molecule has 0 saturated carbocycles. The molecule has 0 aliphatic carbocycles. The lowest BCUT2D eigenvalue weighted by Crippen LogP contribution is -2.53. The van der Waals surface area contributed by atoms with Gasteiger partial charge in [-0.2, -0.15) is 0 Å². The predicted molar refractivity (Wildman–Crippen MR) is 68.3 cm³/mol. The van der Waals surface area contributed by atoms with Crippen LogP contribution in [-0.4, -0.2) is 30.9 Å². The van der Waals surface area contributed by atoms with E-state index in [-0.39, 0.29) is 5.54 Å². The number of rotatable bonds is 4. The van der Waals surface area contributed by atoms with Crippen LogP contribution in [0.15, 0.2) is 24.3 Å². The quantitative estimate of drug-likeness (QED) is 0.839. The molecule has 0 radical (unpaired) electrons. The third-order valence-electron chi connectivity index (χ3n) is 3.46. The van der Waals surface area contributed by atoms with E-state index in [0.29, 0.717) is 5.75 Å². The molecule has 1 aromatic carbocycles. The van der Waals surface area contributed by atoms with Gasteiger partial charge in [-0.15, -0.1) is 0 Å². The lowest BCUT2D eigenvalue weighted by atomic mass is 9.84. The summed E-state index contributed by atoms with van der Waals surface area (Å²) in [6.45, 7) is 1.78. The zero-order valence-electron chi connectivity index (χ0n) is 10.4. The molecule has 1 fully saturated rings. The fourth-order valence-electron chi connectivity index (χ4n) is 2.69. The lowest BCUT2D eigenvalue weighted by molar-refractivity contribution is 0.0894. The third-order valence-corrected chi connectivity index (χ3v) is 3.46. The average Bonchev–Trinajstić information content (AvgIpc) is 2.30. The molecule has 0 aromatic heterocycles. The average molecular weight is 235 g/mol. The summed E-state index contributed by atoms with van der Waals surface area (Å²) >= 11 is 0. The second-order valence-corrected chi connectivity index (χ2v) is 4.94. The first-order valence-corrected chi connectivity index (χ1v) is 6.26. The molecule has 1 atom stereocenters. The standard InChI is InChI=1S/C14H21NO2/c1-17-11-14(7-2-3-8-15-14)10-12-5-4-6-13(16)9-12/h4-6,9,15-16H,2-3,7-8,10-11H2,1H3. The summed E-state index contributed by atoms with van der Waals surface area (Å²) in [5.41, 5.74) is 1.21. The molecule has 17 heavy (non-hydrogen) atoms. The number of ether oxygens (including phenoxy) is 1. The van der Waals surface area contributed by atoms with E-state index in [2.05, 4.69) is 11.4 Å². The van der Waals surface area contributed by atoms with E-state index in [9.17, 15) is 5.11 Å². The molecule has 2 N–H and O–H groups in total. The highest BCUT2D eigenvalue weighted by Crippen LogP contribution is 2.25. The van der Waals surface area contributed by atoms with Crippen molar-refractivity contribution < 1.29 is 9.84 Å². The molecule has 1 saturated heterocycles. The number of nitrogens with one attached hydrogen (secondary N) is 1. The molecule has 1 unspecified atom stereocenters. The third kappa shape index (κ3) is 3.20. The van der Waals surface area contributed by atoms with Gasteiger partial charge in [-0.3, -0.25) is 0 Å². The number of piperidine rings is 1. The molecule has 3 nitrogen and oxygen atoms in total. The fraction of sp³-hybridized carbons (Fsp3) is 0.571. The maximum atomic E-state index is 9.50. The van der Waals surface area contributed by atoms with Crippen LogP contribution in [0.4, 0.5) is 0 Å². The Morgan fingerprint density at radius 1 is 1.41 bits per heavy atom. The summed E-state index contributed by atoms with van der Waals surface area (Å²) in [6.07, 6.45) is 4.53. The Bertz CT molecular complexity index is 353. The highest BCUT2D eigenvalue weighted by Gasteiger charge is 2.31. The summed E-state index contributed by atoms with van der Waals surface area (Å²) in [4.78, 5) is 0. The summed E-state index contributed by atoms with van der Waals surface area (Å²) in [7, 11) is 1.75. The zero-order valence-corrected chi connectivity index (χ0v) is 10.4. The molecule has 0 amide bonds. The topological polar surface area (TPSA) is 41.5 Å². The van der Waals surface area contributed by atoms with E-state index in [1.165, 1.54) is 12.8 Å².